The zero-order valence-electron chi connectivity index (χ0n) is 11.3. The molecule has 0 aliphatic rings. The Bertz CT molecular complexity index is 273. The summed E-state index contributed by atoms with van der Waals surface area (Å²) in [4.78, 5) is 12.1. The molecule has 0 aliphatic carbocycles. The lowest BCUT2D eigenvalue weighted by molar-refractivity contribution is -0.125. The van der Waals surface area contributed by atoms with Gasteiger partial charge in [0.2, 0.25) is 5.91 Å². The third-order valence-electron chi connectivity index (χ3n) is 3.35. The highest BCUT2D eigenvalue weighted by Gasteiger charge is 2.28. The van der Waals surface area contributed by atoms with Gasteiger partial charge in [0.1, 0.15) is 0 Å². The predicted molar refractivity (Wildman–Crippen MR) is 68.9 cm³/mol. The van der Waals surface area contributed by atoms with Crippen LogP contribution in [0.1, 0.15) is 53.4 Å². The third kappa shape index (κ3) is 4.63. The van der Waals surface area contributed by atoms with Crippen LogP contribution in [0.15, 0.2) is 5.16 Å². The Morgan fingerprint density at radius 3 is 2.29 bits per heavy atom. The van der Waals surface area contributed by atoms with Gasteiger partial charge in [-0.05, 0) is 26.2 Å². The summed E-state index contributed by atoms with van der Waals surface area (Å²) in [6.07, 6.45) is 3.10. The molecule has 0 aliphatic heterocycles. The Balaban J connectivity index is 4.74. The first-order valence-corrected chi connectivity index (χ1v) is 6.23. The number of hydrogen-bond acceptors (Lipinski definition) is 3. The Morgan fingerprint density at radius 2 is 1.94 bits per heavy atom. The topological polar surface area (TPSA) is 87.7 Å². The minimum Gasteiger partial charge on any atom is -0.409 e. The number of carbonyl (C=O) groups excluding carboxylic acids is 1. The molecular formula is C12H25N3O2. The van der Waals surface area contributed by atoms with Crippen molar-refractivity contribution in [2.45, 2.75) is 58.9 Å². The van der Waals surface area contributed by atoms with Gasteiger partial charge in [-0.25, -0.2) is 0 Å². The van der Waals surface area contributed by atoms with E-state index in [1.165, 1.54) is 0 Å². The molecular weight excluding hydrogens is 218 g/mol. The highest BCUT2D eigenvalue weighted by atomic mass is 16.4. The van der Waals surface area contributed by atoms with Crippen molar-refractivity contribution < 1.29 is 10.0 Å². The van der Waals surface area contributed by atoms with Crippen LogP contribution >= 0.6 is 0 Å². The van der Waals surface area contributed by atoms with E-state index in [9.17, 15) is 4.79 Å². The van der Waals surface area contributed by atoms with E-state index >= 15 is 0 Å². The maximum Gasteiger partial charge on any atom is 0.231 e. The predicted octanol–water partition coefficient (Wildman–Crippen LogP) is 1.84. The quantitative estimate of drug-likeness (QED) is 0.276. The maximum atomic E-state index is 12.1. The largest absolute Gasteiger partial charge is 0.409 e. The molecule has 0 aromatic rings. The molecule has 0 aromatic carbocycles. The van der Waals surface area contributed by atoms with E-state index in [1.807, 2.05) is 27.7 Å². The number of oxime groups is 1. The number of nitrogens with one attached hydrogen (secondary N) is 1. The van der Waals surface area contributed by atoms with E-state index in [2.05, 4.69) is 10.5 Å². The zero-order valence-corrected chi connectivity index (χ0v) is 11.3. The Kier molecular flexibility index (Phi) is 6.61. The molecule has 17 heavy (non-hydrogen) atoms. The molecule has 1 atom stereocenters. The molecule has 4 N–H and O–H groups in total. The number of amidine groups is 1. The van der Waals surface area contributed by atoms with Crippen molar-refractivity contribution in [3.63, 3.8) is 0 Å². The highest BCUT2D eigenvalue weighted by molar-refractivity contribution is 6.02. The number of nitrogens with zero attached hydrogens (tertiary/aromatic N) is 1. The molecule has 0 aromatic heterocycles. The zero-order chi connectivity index (χ0) is 13.5. The summed E-state index contributed by atoms with van der Waals surface area (Å²) in [6, 6.07) is 0. The van der Waals surface area contributed by atoms with Gasteiger partial charge in [0.25, 0.3) is 0 Å². The van der Waals surface area contributed by atoms with Crippen LogP contribution < -0.4 is 11.1 Å². The monoisotopic (exact) mass is 243 g/mol. The molecule has 1 unspecified atom stereocenters. The van der Waals surface area contributed by atoms with Crippen LogP contribution in [0.2, 0.25) is 0 Å². The molecule has 0 heterocycles. The average Bonchev–Trinajstić information content (AvgIpc) is 2.34. The Hall–Kier alpha value is -1.26. The minimum atomic E-state index is -0.539. The minimum absolute atomic E-state index is 0.0149. The fourth-order valence-corrected chi connectivity index (χ4v) is 1.58. The Labute approximate surface area is 103 Å². The van der Waals surface area contributed by atoms with Crippen molar-refractivity contribution in [3.8, 4) is 0 Å². The third-order valence-corrected chi connectivity index (χ3v) is 3.35. The lowest BCUT2D eigenvalue weighted by atomic mass is 9.93. The Morgan fingerprint density at radius 1 is 1.41 bits per heavy atom. The summed E-state index contributed by atoms with van der Waals surface area (Å²) in [6.45, 7) is 8.02. The second kappa shape index (κ2) is 7.14. The van der Waals surface area contributed by atoms with E-state index in [-0.39, 0.29) is 17.3 Å². The van der Waals surface area contributed by atoms with E-state index in [4.69, 9.17) is 10.9 Å². The molecule has 100 valence electrons. The van der Waals surface area contributed by atoms with E-state index in [1.54, 1.807) is 0 Å². The van der Waals surface area contributed by atoms with Gasteiger partial charge in [0.05, 0.1) is 5.92 Å². The van der Waals surface area contributed by atoms with E-state index in [0.29, 0.717) is 6.42 Å². The second-order valence-electron chi connectivity index (χ2n) is 4.62. The first kappa shape index (κ1) is 15.7. The summed E-state index contributed by atoms with van der Waals surface area (Å²) in [7, 11) is 0. The van der Waals surface area contributed by atoms with Crippen LogP contribution in [0.3, 0.4) is 0 Å². The van der Waals surface area contributed by atoms with Crippen LogP contribution in [0.25, 0.3) is 0 Å². The van der Waals surface area contributed by atoms with Gasteiger partial charge in [0, 0.05) is 5.54 Å². The molecule has 0 rings (SSSR count). The standard InChI is InChI=1S/C12H25N3O2/c1-5-8-9(10(13)15-17)11(16)14-12(4,6-2)7-3/h9,17H,5-8H2,1-4H3,(H2,13,15)(H,14,16). The van der Waals surface area contributed by atoms with Crippen molar-refractivity contribution in [3.05, 3.63) is 0 Å². The molecule has 0 bridgehead atoms. The summed E-state index contributed by atoms with van der Waals surface area (Å²) in [5.41, 5.74) is 5.32. The van der Waals surface area contributed by atoms with Crippen LogP contribution in [0.4, 0.5) is 0 Å². The van der Waals surface area contributed by atoms with Crippen molar-refractivity contribution >= 4 is 11.7 Å². The van der Waals surface area contributed by atoms with E-state index < -0.39 is 5.92 Å². The first-order chi connectivity index (χ1) is 7.94. The van der Waals surface area contributed by atoms with Gasteiger partial charge < -0.3 is 16.3 Å². The van der Waals surface area contributed by atoms with Gasteiger partial charge in [-0.3, -0.25) is 4.79 Å². The SMILES string of the molecule is CCCC(C(=O)NC(C)(CC)CC)C(N)=NO. The van der Waals surface area contributed by atoms with Gasteiger partial charge in [0.15, 0.2) is 5.84 Å². The lowest BCUT2D eigenvalue weighted by Gasteiger charge is -2.30. The van der Waals surface area contributed by atoms with Gasteiger partial charge in [-0.1, -0.05) is 32.3 Å². The van der Waals surface area contributed by atoms with Crippen LogP contribution in [-0.2, 0) is 4.79 Å². The van der Waals surface area contributed by atoms with Crippen LogP contribution in [-0.4, -0.2) is 22.5 Å². The van der Waals surface area contributed by atoms with Gasteiger partial charge in [-0.2, -0.15) is 0 Å². The summed E-state index contributed by atoms with van der Waals surface area (Å²) < 4.78 is 0. The molecule has 0 saturated carbocycles. The molecule has 0 fully saturated rings. The van der Waals surface area contributed by atoms with Crippen LogP contribution in [0.5, 0.6) is 0 Å². The number of hydrogen-bond donors (Lipinski definition) is 3. The number of amides is 1. The van der Waals surface area contributed by atoms with Crippen molar-refractivity contribution in [2.24, 2.45) is 16.8 Å². The molecule has 5 heteroatoms. The number of rotatable bonds is 7. The highest BCUT2D eigenvalue weighted by Crippen LogP contribution is 2.16. The molecule has 0 radical (unpaired) electrons. The molecule has 0 saturated heterocycles. The van der Waals surface area contributed by atoms with Crippen molar-refractivity contribution in [1.82, 2.24) is 5.32 Å². The van der Waals surface area contributed by atoms with Crippen molar-refractivity contribution in [1.29, 1.82) is 0 Å². The average molecular weight is 243 g/mol. The lowest BCUT2D eigenvalue weighted by Crippen LogP contribution is -2.50. The molecule has 1 amide bonds. The summed E-state index contributed by atoms with van der Waals surface area (Å²) >= 11 is 0. The van der Waals surface area contributed by atoms with Gasteiger partial charge >= 0.3 is 0 Å². The summed E-state index contributed by atoms with van der Waals surface area (Å²) in [5, 5.41) is 14.6. The summed E-state index contributed by atoms with van der Waals surface area (Å²) in [5.74, 6) is -0.713. The van der Waals surface area contributed by atoms with Crippen molar-refractivity contribution in [2.75, 3.05) is 0 Å². The van der Waals surface area contributed by atoms with Crippen LogP contribution in [0, 0.1) is 5.92 Å². The first-order valence-electron chi connectivity index (χ1n) is 6.23. The van der Waals surface area contributed by atoms with E-state index in [0.717, 1.165) is 19.3 Å². The number of nitrogens with two attached hydrogens (primary N) is 1. The molecule has 5 nitrogen and oxygen atoms in total. The fraction of sp³-hybridized carbons (Fsp3) is 0.833. The number of carbonyl (C=O) groups is 1. The maximum absolute atomic E-state index is 12.1. The molecule has 0 spiro atoms. The van der Waals surface area contributed by atoms with Gasteiger partial charge in [-0.15, -0.1) is 0 Å². The normalized spacial score (nSPS) is 14.5. The second-order valence-corrected chi connectivity index (χ2v) is 4.62. The fourth-order valence-electron chi connectivity index (χ4n) is 1.58. The smallest absolute Gasteiger partial charge is 0.231 e.